The molecule has 0 radical (unpaired) electrons. The Morgan fingerprint density at radius 1 is 0.273 bits per heavy atom. The van der Waals surface area contributed by atoms with Crippen molar-refractivity contribution in [3.8, 4) is 0 Å². The molecule has 0 bridgehead atoms. The van der Waals surface area contributed by atoms with Crippen molar-refractivity contribution in [3.63, 3.8) is 0 Å². The molecule has 0 spiro atoms. The molecule has 0 saturated heterocycles. The molecule has 0 aliphatic carbocycles. The summed E-state index contributed by atoms with van der Waals surface area (Å²) in [6, 6.07) is 0. The second kappa shape index (κ2) is 51.3. The summed E-state index contributed by atoms with van der Waals surface area (Å²) in [7, 11) is 0. The van der Waals surface area contributed by atoms with Gasteiger partial charge in [-0.3, -0.25) is 14.4 Å². The number of esters is 3. The van der Waals surface area contributed by atoms with Gasteiger partial charge in [0, 0.05) is 0 Å². The highest BCUT2D eigenvalue weighted by Crippen LogP contribution is 2.20. The zero-order valence-electron chi connectivity index (χ0n) is 45.5. The molecule has 0 aromatic heterocycles. The van der Waals surface area contributed by atoms with Crippen LogP contribution in [0.4, 0.5) is 0 Å². The highest BCUT2D eigenvalue weighted by Gasteiger charge is 2.25. The lowest BCUT2D eigenvalue weighted by atomic mass is 10.0. The lowest BCUT2D eigenvalue weighted by Crippen LogP contribution is -2.34. The topological polar surface area (TPSA) is 78.9 Å². The highest BCUT2D eigenvalue weighted by molar-refractivity contribution is 5.73. The lowest BCUT2D eigenvalue weighted by molar-refractivity contribution is -0.171. The number of hydrogen-bond donors (Lipinski definition) is 0. The maximum atomic E-state index is 13.3. The fourth-order valence-corrected chi connectivity index (χ4v) is 9.32. The van der Waals surface area contributed by atoms with Crippen molar-refractivity contribution >= 4 is 17.9 Å². The third kappa shape index (κ3) is 44.9. The minimum absolute atomic E-state index is 0.0835. The Labute approximate surface area is 412 Å². The van der Waals surface area contributed by atoms with Gasteiger partial charge in [-0.1, -0.05) is 311 Å². The molecule has 0 rings (SSSR count). The Kier molecular flexibility index (Phi) is 50.0. The first-order chi connectivity index (χ1) is 32.3. The molecule has 6 heteroatoms. The van der Waals surface area contributed by atoms with E-state index in [4.69, 9.17) is 14.2 Å². The standard InChI is InChI=1S/C60H116O6/c1-7-10-13-16-19-22-25-28-31-34-37-40-43-46-49-54(4)58(61)64-52-57(66-60(63)56(6)51-48-45-42-39-36-33-30-27-24-21-18-15-12-9-3)53-65-59(62)55(5)50-47-44-41-38-35-32-29-26-23-20-17-14-11-8-2/h54-57H,7-53H2,1-6H3/t54-,55-,56+/m0/s1. The summed E-state index contributed by atoms with van der Waals surface area (Å²) in [5, 5.41) is 0. The molecule has 66 heavy (non-hydrogen) atoms. The smallest absolute Gasteiger partial charge is 0.309 e. The molecule has 0 aromatic carbocycles. The average Bonchev–Trinajstić information content (AvgIpc) is 3.32. The Hall–Kier alpha value is -1.59. The molecule has 0 N–H and O–H groups in total. The van der Waals surface area contributed by atoms with Crippen LogP contribution in [0.25, 0.3) is 0 Å². The zero-order chi connectivity index (χ0) is 48.4. The maximum absolute atomic E-state index is 13.3. The molecule has 0 saturated carbocycles. The fourth-order valence-electron chi connectivity index (χ4n) is 9.32. The largest absolute Gasteiger partial charge is 0.461 e. The van der Waals surface area contributed by atoms with E-state index in [1.165, 1.54) is 231 Å². The van der Waals surface area contributed by atoms with Gasteiger partial charge in [-0.05, 0) is 19.3 Å². The first kappa shape index (κ1) is 64.4. The zero-order valence-corrected chi connectivity index (χ0v) is 45.5. The first-order valence-electron chi connectivity index (χ1n) is 29.8. The van der Waals surface area contributed by atoms with Gasteiger partial charge in [0.1, 0.15) is 13.2 Å². The predicted molar refractivity (Wildman–Crippen MR) is 284 cm³/mol. The van der Waals surface area contributed by atoms with Gasteiger partial charge in [-0.2, -0.15) is 0 Å². The maximum Gasteiger partial charge on any atom is 0.309 e. The van der Waals surface area contributed by atoms with Gasteiger partial charge < -0.3 is 14.2 Å². The van der Waals surface area contributed by atoms with E-state index in [0.717, 1.165) is 57.8 Å². The van der Waals surface area contributed by atoms with Crippen molar-refractivity contribution in [1.29, 1.82) is 0 Å². The van der Waals surface area contributed by atoms with E-state index >= 15 is 0 Å². The predicted octanol–water partition coefficient (Wildman–Crippen LogP) is 19.5. The summed E-state index contributed by atoms with van der Waals surface area (Å²) in [6.45, 7) is 12.5. The average molecular weight is 934 g/mol. The second-order valence-electron chi connectivity index (χ2n) is 21.2. The van der Waals surface area contributed by atoms with Crippen LogP contribution in [0.1, 0.15) is 330 Å². The molecule has 0 amide bonds. The minimum atomic E-state index is -0.800. The molecule has 0 aromatic rings. The Bertz CT molecular complexity index is 975. The van der Waals surface area contributed by atoms with Gasteiger partial charge in [-0.25, -0.2) is 0 Å². The highest BCUT2D eigenvalue weighted by atomic mass is 16.6. The Balaban J connectivity index is 4.61. The quantitative estimate of drug-likeness (QED) is 0.0343. The van der Waals surface area contributed by atoms with E-state index in [-0.39, 0.29) is 48.9 Å². The molecule has 0 heterocycles. The molecular weight excluding hydrogens is 817 g/mol. The van der Waals surface area contributed by atoms with Gasteiger partial charge >= 0.3 is 17.9 Å². The summed E-state index contributed by atoms with van der Waals surface area (Å²) in [5.41, 5.74) is 0. The van der Waals surface area contributed by atoms with E-state index in [1.807, 2.05) is 20.8 Å². The van der Waals surface area contributed by atoms with E-state index in [2.05, 4.69) is 20.8 Å². The van der Waals surface area contributed by atoms with Crippen molar-refractivity contribution in [1.82, 2.24) is 0 Å². The van der Waals surface area contributed by atoms with Crippen LogP contribution in [0.15, 0.2) is 0 Å². The molecule has 0 aliphatic rings. The van der Waals surface area contributed by atoms with Gasteiger partial charge in [0.25, 0.3) is 0 Å². The van der Waals surface area contributed by atoms with Crippen LogP contribution >= 0.6 is 0 Å². The van der Waals surface area contributed by atoms with Crippen LogP contribution in [-0.4, -0.2) is 37.2 Å². The van der Waals surface area contributed by atoms with Crippen LogP contribution < -0.4 is 0 Å². The van der Waals surface area contributed by atoms with Gasteiger partial charge in [0.05, 0.1) is 17.8 Å². The van der Waals surface area contributed by atoms with E-state index in [0.29, 0.717) is 0 Å². The molecular formula is C60H116O6. The Morgan fingerprint density at radius 2 is 0.455 bits per heavy atom. The number of carbonyl (C=O) groups is 3. The van der Waals surface area contributed by atoms with Crippen molar-refractivity contribution < 1.29 is 28.6 Å². The number of rotatable bonds is 53. The van der Waals surface area contributed by atoms with Crippen LogP contribution in [0.3, 0.4) is 0 Å². The Morgan fingerprint density at radius 3 is 0.667 bits per heavy atom. The molecule has 0 fully saturated rings. The minimum Gasteiger partial charge on any atom is -0.461 e. The first-order valence-corrected chi connectivity index (χ1v) is 29.8. The third-order valence-electron chi connectivity index (χ3n) is 14.3. The van der Waals surface area contributed by atoms with Gasteiger partial charge in [0.2, 0.25) is 0 Å². The normalized spacial score (nSPS) is 13.0. The van der Waals surface area contributed by atoms with E-state index in [9.17, 15) is 14.4 Å². The van der Waals surface area contributed by atoms with E-state index < -0.39 is 6.10 Å². The molecule has 0 aliphatic heterocycles. The van der Waals surface area contributed by atoms with Crippen LogP contribution in [0.5, 0.6) is 0 Å². The molecule has 6 nitrogen and oxygen atoms in total. The molecule has 392 valence electrons. The van der Waals surface area contributed by atoms with Crippen LogP contribution in [0.2, 0.25) is 0 Å². The lowest BCUT2D eigenvalue weighted by Gasteiger charge is -2.22. The number of unbranched alkanes of at least 4 members (excludes halogenated alkanes) is 39. The summed E-state index contributed by atoms with van der Waals surface area (Å²) < 4.78 is 17.4. The SMILES string of the molecule is CCCCCCCCCCCCCCCC[C@@H](C)C(=O)OC(COC(=O)[C@@H](C)CCCCCCCCCCCCCCCC)COC(=O)[C@@H](C)CCCCCCCCCCCCCCCC. The van der Waals surface area contributed by atoms with Crippen LogP contribution in [-0.2, 0) is 28.6 Å². The summed E-state index contributed by atoms with van der Waals surface area (Å²) >= 11 is 0. The van der Waals surface area contributed by atoms with Crippen molar-refractivity contribution in [3.05, 3.63) is 0 Å². The van der Waals surface area contributed by atoms with Crippen molar-refractivity contribution in [2.24, 2.45) is 17.8 Å². The van der Waals surface area contributed by atoms with E-state index in [1.54, 1.807) is 0 Å². The van der Waals surface area contributed by atoms with Crippen LogP contribution in [0, 0.1) is 17.8 Å². The number of hydrogen-bond acceptors (Lipinski definition) is 6. The third-order valence-corrected chi connectivity index (χ3v) is 14.3. The second-order valence-corrected chi connectivity index (χ2v) is 21.2. The number of ether oxygens (including phenoxy) is 3. The van der Waals surface area contributed by atoms with Gasteiger partial charge in [-0.15, -0.1) is 0 Å². The number of carbonyl (C=O) groups excluding carboxylic acids is 3. The van der Waals surface area contributed by atoms with Crippen molar-refractivity contribution in [2.75, 3.05) is 13.2 Å². The summed E-state index contributed by atoms with van der Waals surface area (Å²) in [5.74, 6) is -1.52. The molecule has 3 atom stereocenters. The fraction of sp³-hybridized carbons (Fsp3) is 0.950. The van der Waals surface area contributed by atoms with Crippen molar-refractivity contribution in [2.45, 2.75) is 337 Å². The summed E-state index contributed by atoms with van der Waals surface area (Å²) in [4.78, 5) is 39.4. The summed E-state index contributed by atoms with van der Waals surface area (Å²) in [6.07, 6.45) is 56.5. The van der Waals surface area contributed by atoms with Gasteiger partial charge in [0.15, 0.2) is 6.10 Å². The molecule has 0 unspecified atom stereocenters. The monoisotopic (exact) mass is 933 g/mol.